The van der Waals surface area contributed by atoms with Crippen LogP contribution in [0.15, 0.2) is 34.5 Å². The molecule has 2 rings (SSSR count). The van der Waals surface area contributed by atoms with E-state index in [-0.39, 0.29) is 5.78 Å². The minimum Gasteiger partial charge on any atom is -0.461 e. The first-order valence-corrected chi connectivity index (χ1v) is 9.48. The number of hydrogen-bond acceptors (Lipinski definition) is 3. The van der Waals surface area contributed by atoms with Crippen molar-refractivity contribution in [2.24, 2.45) is 0 Å². The third-order valence-electron chi connectivity index (χ3n) is 4.21. The molecule has 134 valence electrons. The van der Waals surface area contributed by atoms with Crippen molar-refractivity contribution in [3.8, 4) is 0 Å². The zero-order chi connectivity index (χ0) is 17.6. The number of hydrogen-bond donors (Lipinski definition) is 0. The number of allylic oxidation sites excluding steroid dienone is 2. The maximum absolute atomic E-state index is 11.3. The maximum atomic E-state index is 11.3. The first-order chi connectivity index (χ1) is 11.7. The fourth-order valence-corrected chi connectivity index (χ4v) is 2.72. The topological polar surface area (TPSA) is 47.3 Å². The summed E-state index contributed by atoms with van der Waals surface area (Å²) in [4.78, 5) is 22.5. The van der Waals surface area contributed by atoms with Gasteiger partial charge in [0.2, 0.25) is 0 Å². The molecule has 0 spiro atoms. The number of carbonyl (C=O) groups excluding carboxylic acids is 2. The lowest BCUT2D eigenvalue weighted by Gasteiger charge is -1.95. The number of carbonyl (C=O) groups is 2. The molecule has 1 saturated carbocycles. The van der Waals surface area contributed by atoms with Crippen LogP contribution in [0.1, 0.15) is 95.0 Å². The molecule has 0 atom stereocenters. The van der Waals surface area contributed by atoms with E-state index in [1.807, 2.05) is 0 Å². The summed E-state index contributed by atoms with van der Waals surface area (Å²) >= 11 is 0. The molecule has 1 heterocycles. The average Bonchev–Trinajstić information content (AvgIpc) is 3.24. The minimum absolute atomic E-state index is 0.119. The SMILES string of the molecule is CCCCCC(=O)c1ccco1.CCCCCC=C1CCCC1=O. The van der Waals surface area contributed by atoms with Crippen molar-refractivity contribution < 1.29 is 14.0 Å². The number of unbranched alkanes of at least 4 members (excludes halogenated alkanes) is 5. The van der Waals surface area contributed by atoms with Gasteiger partial charge < -0.3 is 4.42 Å². The Labute approximate surface area is 146 Å². The van der Waals surface area contributed by atoms with E-state index in [2.05, 4.69) is 19.9 Å². The molecule has 1 fully saturated rings. The molecule has 24 heavy (non-hydrogen) atoms. The van der Waals surface area contributed by atoms with Gasteiger partial charge in [-0.3, -0.25) is 9.59 Å². The van der Waals surface area contributed by atoms with E-state index in [0.29, 0.717) is 18.0 Å². The van der Waals surface area contributed by atoms with Gasteiger partial charge in [0.15, 0.2) is 17.3 Å². The Morgan fingerprint density at radius 3 is 2.46 bits per heavy atom. The van der Waals surface area contributed by atoms with Crippen LogP contribution >= 0.6 is 0 Å². The Balaban J connectivity index is 0.000000240. The lowest BCUT2D eigenvalue weighted by atomic mass is 10.1. The average molecular weight is 332 g/mol. The molecular formula is C21H32O3. The molecule has 3 nitrogen and oxygen atoms in total. The second-order valence-corrected chi connectivity index (χ2v) is 6.36. The summed E-state index contributed by atoms with van der Waals surface area (Å²) in [7, 11) is 0. The van der Waals surface area contributed by atoms with E-state index in [4.69, 9.17) is 4.42 Å². The zero-order valence-electron chi connectivity index (χ0n) is 15.3. The van der Waals surface area contributed by atoms with Crippen molar-refractivity contribution in [1.82, 2.24) is 0 Å². The summed E-state index contributed by atoms with van der Waals surface area (Å²) in [5, 5.41) is 0. The van der Waals surface area contributed by atoms with Gasteiger partial charge >= 0.3 is 0 Å². The zero-order valence-corrected chi connectivity index (χ0v) is 15.3. The van der Waals surface area contributed by atoms with Crippen LogP contribution in [-0.4, -0.2) is 11.6 Å². The first kappa shape index (κ1) is 20.4. The smallest absolute Gasteiger partial charge is 0.197 e. The summed E-state index contributed by atoms with van der Waals surface area (Å²) in [5.41, 5.74) is 1.10. The van der Waals surface area contributed by atoms with Crippen LogP contribution < -0.4 is 0 Å². The summed E-state index contributed by atoms with van der Waals surface area (Å²) in [6.45, 7) is 4.32. The molecule has 3 heteroatoms. The molecule has 1 aliphatic carbocycles. The molecule has 0 unspecified atom stereocenters. The Bertz CT molecular complexity index is 497. The van der Waals surface area contributed by atoms with Gasteiger partial charge in [-0.05, 0) is 49.8 Å². The molecule has 0 amide bonds. The third kappa shape index (κ3) is 8.28. The van der Waals surface area contributed by atoms with Crippen LogP contribution in [0.3, 0.4) is 0 Å². The highest BCUT2D eigenvalue weighted by Crippen LogP contribution is 2.21. The molecule has 1 aromatic heterocycles. The van der Waals surface area contributed by atoms with Crippen molar-refractivity contribution >= 4 is 11.6 Å². The molecular weight excluding hydrogens is 300 g/mol. The molecule has 0 saturated heterocycles. The first-order valence-electron chi connectivity index (χ1n) is 9.48. The van der Waals surface area contributed by atoms with Gasteiger partial charge in [-0.1, -0.05) is 45.6 Å². The minimum atomic E-state index is 0.119. The van der Waals surface area contributed by atoms with Gasteiger partial charge in [0, 0.05) is 12.8 Å². The Kier molecular flexibility index (Phi) is 10.8. The fraction of sp³-hybridized carbons (Fsp3) is 0.619. The van der Waals surface area contributed by atoms with E-state index in [1.165, 1.54) is 25.5 Å². The number of furan rings is 1. The fourth-order valence-electron chi connectivity index (χ4n) is 2.72. The number of ketones is 2. The standard InChI is InChI=1S/C11H18O.C10H14O2/c1-2-3-4-5-7-10-8-6-9-11(10)12;1-2-3-4-6-9(11)10-7-5-8-12-10/h7H,2-6,8-9H2,1H3;5,7-8H,2-4,6H2,1H3. The third-order valence-corrected chi connectivity index (χ3v) is 4.21. The van der Waals surface area contributed by atoms with Crippen LogP contribution in [0.25, 0.3) is 0 Å². The van der Waals surface area contributed by atoms with Crippen LogP contribution in [-0.2, 0) is 4.79 Å². The summed E-state index contributed by atoms with van der Waals surface area (Å²) in [6, 6.07) is 3.46. The van der Waals surface area contributed by atoms with Gasteiger partial charge in [-0.25, -0.2) is 0 Å². The van der Waals surface area contributed by atoms with Crippen molar-refractivity contribution in [2.75, 3.05) is 0 Å². The van der Waals surface area contributed by atoms with Crippen LogP contribution in [0, 0.1) is 0 Å². The van der Waals surface area contributed by atoms with E-state index >= 15 is 0 Å². The number of Topliss-reactive ketones (excluding diaryl/α,β-unsaturated/α-hetero) is 2. The van der Waals surface area contributed by atoms with Crippen LogP contribution in [0.5, 0.6) is 0 Å². The molecule has 0 bridgehead atoms. The van der Waals surface area contributed by atoms with Crippen molar-refractivity contribution in [2.45, 2.75) is 84.5 Å². The summed E-state index contributed by atoms with van der Waals surface area (Å²) in [6.07, 6.45) is 15.3. The second kappa shape index (κ2) is 12.7. The molecule has 0 aromatic carbocycles. The van der Waals surface area contributed by atoms with Crippen molar-refractivity contribution in [3.63, 3.8) is 0 Å². The van der Waals surface area contributed by atoms with Gasteiger partial charge in [0.25, 0.3) is 0 Å². The Morgan fingerprint density at radius 2 is 1.88 bits per heavy atom. The van der Waals surface area contributed by atoms with Crippen LogP contribution in [0.4, 0.5) is 0 Å². The normalized spacial score (nSPS) is 15.4. The molecule has 1 aliphatic rings. The predicted molar refractivity (Wildman–Crippen MR) is 98.3 cm³/mol. The summed E-state index contributed by atoms with van der Waals surface area (Å²) < 4.78 is 4.98. The molecule has 0 aliphatic heterocycles. The predicted octanol–water partition coefficient (Wildman–Crippen LogP) is 6.29. The lowest BCUT2D eigenvalue weighted by Crippen LogP contribution is -1.96. The van der Waals surface area contributed by atoms with E-state index in [1.54, 1.807) is 12.1 Å². The van der Waals surface area contributed by atoms with Crippen molar-refractivity contribution in [3.05, 3.63) is 35.8 Å². The van der Waals surface area contributed by atoms with Gasteiger partial charge in [-0.15, -0.1) is 0 Å². The Hall–Kier alpha value is -1.64. The maximum Gasteiger partial charge on any atom is 0.197 e. The highest BCUT2D eigenvalue weighted by molar-refractivity contribution is 5.97. The molecule has 0 N–H and O–H groups in total. The van der Waals surface area contributed by atoms with E-state index in [9.17, 15) is 9.59 Å². The molecule has 0 radical (unpaired) electrons. The lowest BCUT2D eigenvalue weighted by molar-refractivity contribution is -0.114. The second-order valence-electron chi connectivity index (χ2n) is 6.36. The quantitative estimate of drug-likeness (QED) is 0.303. The summed E-state index contributed by atoms with van der Waals surface area (Å²) in [5.74, 6) is 1.01. The van der Waals surface area contributed by atoms with Gasteiger partial charge in [0.1, 0.15) is 0 Å². The van der Waals surface area contributed by atoms with Crippen molar-refractivity contribution in [1.29, 1.82) is 0 Å². The van der Waals surface area contributed by atoms with Gasteiger partial charge in [0.05, 0.1) is 6.26 Å². The van der Waals surface area contributed by atoms with E-state index < -0.39 is 0 Å². The molecule has 1 aromatic rings. The highest BCUT2D eigenvalue weighted by Gasteiger charge is 2.15. The van der Waals surface area contributed by atoms with Crippen LogP contribution in [0.2, 0.25) is 0 Å². The van der Waals surface area contributed by atoms with Gasteiger partial charge in [-0.2, -0.15) is 0 Å². The Morgan fingerprint density at radius 1 is 1.12 bits per heavy atom. The highest BCUT2D eigenvalue weighted by atomic mass is 16.3. The number of rotatable bonds is 9. The largest absolute Gasteiger partial charge is 0.461 e. The van der Waals surface area contributed by atoms with E-state index in [0.717, 1.165) is 50.5 Å². The monoisotopic (exact) mass is 332 g/mol.